The zero-order valence-corrected chi connectivity index (χ0v) is 12.0. The fourth-order valence-corrected chi connectivity index (χ4v) is 1.66. The number of hydrogen-bond acceptors (Lipinski definition) is 4. The summed E-state index contributed by atoms with van der Waals surface area (Å²) in [4.78, 5) is 23.5. The van der Waals surface area contributed by atoms with Crippen LogP contribution in [0.25, 0.3) is 0 Å². The Labute approximate surface area is 123 Å². The number of amidine groups is 1. The van der Waals surface area contributed by atoms with Crippen LogP contribution in [0.3, 0.4) is 0 Å². The lowest BCUT2D eigenvalue weighted by Gasteiger charge is -2.23. The fraction of sp³-hybridized carbons (Fsp3) is 0.357. The lowest BCUT2D eigenvalue weighted by molar-refractivity contribution is -0.127. The molecule has 0 bridgehead atoms. The minimum absolute atomic E-state index is 0.0587. The van der Waals surface area contributed by atoms with Gasteiger partial charge in [0.2, 0.25) is 11.8 Å². The number of nitrogens with two attached hydrogens (primary N) is 2. The molecule has 0 aliphatic heterocycles. The van der Waals surface area contributed by atoms with Crippen LogP contribution in [0.15, 0.2) is 35.5 Å². The van der Waals surface area contributed by atoms with Gasteiger partial charge in [0.15, 0.2) is 5.84 Å². The highest BCUT2D eigenvalue weighted by Gasteiger charge is 2.29. The van der Waals surface area contributed by atoms with Gasteiger partial charge in [-0.15, -0.1) is 0 Å². The van der Waals surface area contributed by atoms with Gasteiger partial charge in [-0.3, -0.25) is 9.59 Å². The molecule has 0 fully saturated rings. The van der Waals surface area contributed by atoms with Crippen molar-refractivity contribution in [2.75, 3.05) is 6.54 Å². The Morgan fingerprint density at radius 1 is 1.29 bits per heavy atom. The molecule has 7 nitrogen and oxygen atoms in total. The van der Waals surface area contributed by atoms with Crippen LogP contribution in [0.5, 0.6) is 0 Å². The second kappa shape index (κ2) is 6.74. The van der Waals surface area contributed by atoms with E-state index in [4.69, 9.17) is 16.7 Å². The largest absolute Gasteiger partial charge is 0.409 e. The molecule has 21 heavy (non-hydrogen) atoms. The Morgan fingerprint density at radius 2 is 1.86 bits per heavy atom. The number of benzene rings is 1. The van der Waals surface area contributed by atoms with Crippen molar-refractivity contribution in [2.45, 2.75) is 19.8 Å². The van der Waals surface area contributed by atoms with E-state index in [1.807, 2.05) is 0 Å². The predicted octanol–water partition coefficient (Wildman–Crippen LogP) is 0.144. The standard InChI is InChI=1S/C14H20N4O3/c1-14(2,13(16)20)8-17-12(19)10(11(15)18-21)9-6-4-3-5-7-9/h3-7,10,21H,8H2,1-2H3,(H2,15,18)(H2,16,20)(H,17,19). The summed E-state index contributed by atoms with van der Waals surface area (Å²) in [5.41, 5.74) is 10.5. The number of nitrogens with one attached hydrogen (secondary N) is 1. The van der Waals surface area contributed by atoms with Crippen molar-refractivity contribution in [3.63, 3.8) is 0 Å². The molecule has 6 N–H and O–H groups in total. The third-order valence-electron chi connectivity index (χ3n) is 3.18. The van der Waals surface area contributed by atoms with E-state index < -0.39 is 23.1 Å². The van der Waals surface area contributed by atoms with Gasteiger partial charge in [-0.25, -0.2) is 0 Å². The highest BCUT2D eigenvalue weighted by atomic mass is 16.4. The number of primary amides is 1. The SMILES string of the molecule is CC(C)(CNC(=O)C(/C(N)=N/O)c1ccccc1)C(N)=O. The number of oxime groups is 1. The first-order valence-corrected chi connectivity index (χ1v) is 6.39. The molecule has 114 valence electrons. The van der Waals surface area contributed by atoms with Crippen LogP contribution in [0.2, 0.25) is 0 Å². The van der Waals surface area contributed by atoms with Crippen molar-refractivity contribution in [3.8, 4) is 0 Å². The number of carbonyl (C=O) groups is 2. The number of rotatable bonds is 6. The van der Waals surface area contributed by atoms with Crippen molar-refractivity contribution < 1.29 is 14.8 Å². The van der Waals surface area contributed by atoms with E-state index >= 15 is 0 Å². The van der Waals surface area contributed by atoms with Gasteiger partial charge in [0.1, 0.15) is 5.92 Å². The Bertz CT molecular complexity index is 540. The van der Waals surface area contributed by atoms with Gasteiger partial charge < -0.3 is 22.0 Å². The van der Waals surface area contributed by atoms with Crippen LogP contribution in [0.4, 0.5) is 0 Å². The first-order valence-electron chi connectivity index (χ1n) is 6.39. The molecule has 7 heteroatoms. The number of hydrogen-bond donors (Lipinski definition) is 4. The summed E-state index contributed by atoms with van der Waals surface area (Å²) in [7, 11) is 0. The number of carbonyl (C=O) groups excluding carboxylic acids is 2. The van der Waals surface area contributed by atoms with Gasteiger partial charge in [-0.1, -0.05) is 35.5 Å². The molecule has 1 aromatic rings. The van der Waals surface area contributed by atoms with Crippen LogP contribution in [0.1, 0.15) is 25.3 Å². The van der Waals surface area contributed by atoms with E-state index in [0.717, 1.165) is 0 Å². The van der Waals surface area contributed by atoms with E-state index in [0.29, 0.717) is 5.56 Å². The summed E-state index contributed by atoms with van der Waals surface area (Å²) in [6.45, 7) is 3.30. The summed E-state index contributed by atoms with van der Waals surface area (Å²) in [5.74, 6) is -2.15. The highest BCUT2D eigenvalue weighted by Crippen LogP contribution is 2.18. The smallest absolute Gasteiger partial charge is 0.235 e. The number of nitrogens with zero attached hydrogens (tertiary/aromatic N) is 1. The molecule has 2 amide bonds. The van der Waals surface area contributed by atoms with Crippen LogP contribution < -0.4 is 16.8 Å². The van der Waals surface area contributed by atoms with Gasteiger partial charge in [-0.2, -0.15) is 0 Å². The monoisotopic (exact) mass is 292 g/mol. The molecule has 1 aromatic carbocycles. The van der Waals surface area contributed by atoms with Crippen LogP contribution in [0, 0.1) is 5.41 Å². The number of amides is 2. The maximum absolute atomic E-state index is 12.3. The van der Waals surface area contributed by atoms with Gasteiger partial charge >= 0.3 is 0 Å². The van der Waals surface area contributed by atoms with Crippen molar-refractivity contribution in [1.82, 2.24) is 5.32 Å². The molecule has 0 aliphatic rings. The zero-order chi connectivity index (χ0) is 16.0. The third kappa shape index (κ3) is 4.20. The first-order chi connectivity index (χ1) is 9.79. The van der Waals surface area contributed by atoms with E-state index in [1.54, 1.807) is 44.2 Å². The normalized spacial score (nSPS) is 13.5. The summed E-state index contributed by atoms with van der Waals surface area (Å²) in [5, 5.41) is 14.4. The van der Waals surface area contributed by atoms with Gasteiger partial charge in [0, 0.05) is 6.54 Å². The van der Waals surface area contributed by atoms with E-state index in [9.17, 15) is 9.59 Å². The summed E-state index contributed by atoms with van der Waals surface area (Å²) in [6, 6.07) is 8.67. The predicted molar refractivity (Wildman–Crippen MR) is 78.6 cm³/mol. The topological polar surface area (TPSA) is 131 Å². The molecule has 0 saturated heterocycles. The molecule has 0 aliphatic carbocycles. The quantitative estimate of drug-likeness (QED) is 0.257. The lowest BCUT2D eigenvalue weighted by atomic mass is 9.91. The average Bonchev–Trinajstić information content (AvgIpc) is 2.46. The molecule has 0 spiro atoms. The van der Waals surface area contributed by atoms with Crippen LogP contribution >= 0.6 is 0 Å². The second-order valence-electron chi connectivity index (χ2n) is 5.33. The molecular formula is C14H20N4O3. The van der Waals surface area contributed by atoms with E-state index in [2.05, 4.69) is 10.5 Å². The fourth-order valence-electron chi connectivity index (χ4n) is 1.66. The molecular weight excluding hydrogens is 272 g/mol. The third-order valence-corrected chi connectivity index (χ3v) is 3.18. The molecule has 0 heterocycles. The summed E-state index contributed by atoms with van der Waals surface area (Å²) >= 11 is 0. The molecule has 1 atom stereocenters. The zero-order valence-electron chi connectivity index (χ0n) is 12.0. The van der Waals surface area contributed by atoms with Crippen LogP contribution in [-0.2, 0) is 9.59 Å². The molecule has 1 rings (SSSR count). The lowest BCUT2D eigenvalue weighted by Crippen LogP contribution is -2.45. The van der Waals surface area contributed by atoms with Crippen molar-refractivity contribution in [3.05, 3.63) is 35.9 Å². The van der Waals surface area contributed by atoms with E-state index in [-0.39, 0.29) is 12.4 Å². The minimum atomic E-state index is -0.931. The highest BCUT2D eigenvalue weighted by molar-refractivity contribution is 6.07. The van der Waals surface area contributed by atoms with Gasteiger partial charge in [0.05, 0.1) is 5.41 Å². The minimum Gasteiger partial charge on any atom is -0.409 e. The Kier molecular flexibility index (Phi) is 5.29. The van der Waals surface area contributed by atoms with E-state index in [1.165, 1.54) is 0 Å². The first kappa shape index (κ1) is 16.5. The Morgan fingerprint density at radius 3 is 2.33 bits per heavy atom. The Hall–Kier alpha value is -2.57. The van der Waals surface area contributed by atoms with Crippen molar-refractivity contribution in [1.29, 1.82) is 0 Å². The Balaban J connectivity index is 2.91. The van der Waals surface area contributed by atoms with Gasteiger partial charge in [0.25, 0.3) is 0 Å². The second-order valence-corrected chi connectivity index (χ2v) is 5.33. The molecule has 0 saturated carbocycles. The molecule has 0 radical (unpaired) electrons. The van der Waals surface area contributed by atoms with Crippen LogP contribution in [-0.4, -0.2) is 29.4 Å². The maximum atomic E-state index is 12.3. The van der Waals surface area contributed by atoms with Crippen molar-refractivity contribution in [2.24, 2.45) is 22.0 Å². The van der Waals surface area contributed by atoms with Crippen molar-refractivity contribution >= 4 is 17.6 Å². The van der Waals surface area contributed by atoms with Gasteiger partial charge in [-0.05, 0) is 19.4 Å². The summed E-state index contributed by atoms with van der Waals surface area (Å²) < 4.78 is 0. The maximum Gasteiger partial charge on any atom is 0.235 e. The molecule has 0 aromatic heterocycles. The summed E-state index contributed by atoms with van der Waals surface area (Å²) in [6.07, 6.45) is 0. The molecule has 1 unspecified atom stereocenters. The average molecular weight is 292 g/mol.